The van der Waals surface area contributed by atoms with Gasteiger partial charge < -0.3 is 0 Å². The molecule has 0 radical (unpaired) electrons. The summed E-state index contributed by atoms with van der Waals surface area (Å²) in [5, 5.41) is 85.6. The van der Waals surface area contributed by atoms with E-state index in [1.54, 1.807) is 280 Å². The first-order valence-electron chi connectivity index (χ1n) is 23.9. The zero-order valence-corrected chi connectivity index (χ0v) is 34.7. The van der Waals surface area contributed by atoms with E-state index in [4.69, 9.17) is 34.8 Å². The van der Waals surface area contributed by atoms with Crippen molar-refractivity contribution in [2.75, 3.05) is 5.88 Å². The lowest BCUT2D eigenvalue weighted by atomic mass is 9.57. The van der Waals surface area contributed by atoms with Crippen molar-refractivity contribution in [1.82, 2.24) is 0 Å². The van der Waals surface area contributed by atoms with Crippen molar-refractivity contribution >= 4 is 326 Å². The van der Waals surface area contributed by atoms with Gasteiger partial charge in [0.25, 0.3) is 0 Å². The third kappa shape index (κ3) is 1.27. The lowest BCUT2D eigenvalue weighted by Crippen LogP contribution is -2.50. The molecule has 3 heteroatoms. The van der Waals surface area contributed by atoms with Crippen LogP contribution >= 0.6 is 34.8 Å². The number of alkyl halides is 3. The second-order valence-electron chi connectivity index (χ2n) is 23.9. The van der Waals surface area contributed by atoms with Crippen LogP contribution in [-0.2, 0) is 5.41 Å². The molecule has 28 aromatic rings. The molecule has 0 aromatic heterocycles. The van der Waals surface area contributed by atoms with Gasteiger partial charge in [0.05, 0.1) is 11.3 Å². The summed E-state index contributed by atoms with van der Waals surface area (Å²) in [5.74, 6) is 0.158. The number of halogens is 3. The minimum atomic E-state index is -1.28. The fourth-order valence-electron chi connectivity index (χ4n) is 23.9. The molecule has 65 heavy (non-hydrogen) atoms. The molecule has 32 rings (SSSR count). The average molecular weight is 854 g/mol. The fraction of sp³-hybridized carbons (Fsp3) is 0.0645. The summed E-state index contributed by atoms with van der Waals surface area (Å²) < 4.78 is -1.28. The number of rotatable bonds is 2. The maximum Gasteiger partial charge on any atom is 0.146 e. The quantitative estimate of drug-likeness (QED) is 0.120. The maximum absolute atomic E-state index is 8.50. The zero-order valence-electron chi connectivity index (χ0n) is 32.4. The van der Waals surface area contributed by atoms with Crippen molar-refractivity contribution in [2.45, 2.75) is 15.7 Å². The Labute approximate surface area is 367 Å². The van der Waals surface area contributed by atoms with Crippen LogP contribution < -0.4 is 0 Å². The van der Waals surface area contributed by atoms with Gasteiger partial charge in [-0.2, -0.15) is 0 Å². The van der Waals surface area contributed by atoms with E-state index in [9.17, 15) is 0 Å². The van der Waals surface area contributed by atoms with Gasteiger partial charge in [0.1, 0.15) is 4.33 Å². The van der Waals surface area contributed by atoms with E-state index in [0.717, 1.165) is 0 Å². The Morgan fingerprint density at radius 2 is 0.385 bits per heavy atom. The highest BCUT2D eigenvalue weighted by molar-refractivity contribution is 6.82. The molecule has 0 nitrogen and oxygen atoms in total. The lowest BCUT2D eigenvalue weighted by Gasteiger charge is -2.50. The van der Waals surface area contributed by atoms with Crippen molar-refractivity contribution < 1.29 is 0 Å². The van der Waals surface area contributed by atoms with Gasteiger partial charge in [0.15, 0.2) is 0 Å². The molecule has 0 spiro atoms. The molecule has 2 unspecified atom stereocenters. The van der Waals surface area contributed by atoms with Crippen LogP contribution in [0.25, 0.3) is 291 Å². The van der Waals surface area contributed by atoms with Crippen molar-refractivity contribution in [3.05, 3.63) is 22.3 Å². The monoisotopic (exact) mass is 852 g/mol. The molecule has 2 atom stereocenters. The van der Waals surface area contributed by atoms with Crippen LogP contribution in [0.3, 0.4) is 0 Å². The molecule has 0 heterocycles. The molecule has 4 aliphatic carbocycles. The molecular formula is C62H3Cl3. The van der Waals surface area contributed by atoms with Crippen LogP contribution in [0.2, 0.25) is 0 Å². The van der Waals surface area contributed by atoms with E-state index in [0.29, 0.717) is 0 Å². The van der Waals surface area contributed by atoms with E-state index in [2.05, 4.69) is 0 Å². The normalized spacial score (nSPS) is 21.7. The minimum absolute atomic E-state index is 0.0122. The van der Waals surface area contributed by atoms with Gasteiger partial charge in [-0.05, 0) is 313 Å². The van der Waals surface area contributed by atoms with Gasteiger partial charge in [-0.25, -0.2) is 0 Å². The van der Waals surface area contributed by atoms with Crippen molar-refractivity contribution in [3.8, 4) is 0 Å². The molecule has 0 aliphatic heterocycles. The largest absolute Gasteiger partial charge is 0.146 e. The second kappa shape index (κ2) is 5.41. The Balaban J connectivity index is 1.28. The van der Waals surface area contributed by atoms with Gasteiger partial charge in [-0.15, -0.1) is 11.6 Å². The summed E-state index contributed by atoms with van der Waals surface area (Å²) in [6.45, 7) is 0. The highest BCUT2D eigenvalue weighted by atomic mass is 35.5. The SMILES string of the molecule is ClCC(Cl)(Cl)C12c3c4c5c6c7c8c(c9c%10c1c1c%11c3c3c%12c4c4c6c6c7c7c%13c8c9c8c9c%10c1c1c%10c%11c3c3c%11c%12c4c4c6c6c7c7c%13c8c8c9c1c1c%10c3c3c%11c4c6c4c7c8c1c34)C52. The lowest BCUT2D eigenvalue weighted by molar-refractivity contribution is 0.446. The Bertz CT molecular complexity index is 7080. The van der Waals surface area contributed by atoms with Crippen molar-refractivity contribution in [1.29, 1.82) is 0 Å². The summed E-state index contributed by atoms with van der Waals surface area (Å²) in [7, 11) is 0. The smallest absolute Gasteiger partial charge is 0.123 e. The first-order valence-corrected chi connectivity index (χ1v) is 25.2. The van der Waals surface area contributed by atoms with Crippen LogP contribution in [0.1, 0.15) is 28.2 Å². The zero-order chi connectivity index (χ0) is 38.8. The first-order chi connectivity index (χ1) is 32.2. The summed E-state index contributed by atoms with van der Waals surface area (Å²) in [6, 6.07) is 0. The van der Waals surface area contributed by atoms with Gasteiger partial charge in [0, 0.05) is 5.92 Å². The molecule has 0 bridgehead atoms. The number of hydrogen-bond donors (Lipinski definition) is 0. The molecule has 28 aromatic carbocycles. The van der Waals surface area contributed by atoms with E-state index in [1.807, 2.05) is 0 Å². The predicted molar refractivity (Wildman–Crippen MR) is 280 cm³/mol. The summed E-state index contributed by atoms with van der Waals surface area (Å²) >= 11 is 24.5. The van der Waals surface area contributed by atoms with Gasteiger partial charge in [-0.1, -0.05) is 23.2 Å². The Morgan fingerprint density at radius 3 is 0.662 bits per heavy atom. The molecule has 0 saturated heterocycles. The third-order valence-corrected chi connectivity index (χ3v) is 25.4. The molecule has 4 aliphatic rings. The Morgan fingerprint density at radius 1 is 0.231 bits per heavy atom. The maximum atomic E-state index is 8.50. The Hall–Kier alpha value is -6.67. The molecular weight excluding hydrogens is 851 g/mol. The van der Waals surface area contributed by atoms with Crippen molar-refractivity contribution in [3.63, 3.8) is 0 Å². The number of hydrogen-bond acceptors (Lipinski definition) is 0. The highest BCUT2D eigenvalue weighted by Crippen LogP contribution is 2.85. The van der Waals surface area contributed by atoms with Gasteiger partial charge in [0.2, 0.25) is 0 Å². The van der Waals surface area contributed by atoms with Crippen LogP contribution in [-0.4, -0.2) is 10.2 Å². The standard InChI is InChI=1S/C62H3Cl3/c63-1-61(64,65)62-58-54-48-34-26-18-6-3-2-4-7(6)19-21-17-11(4)13-9-5(2)8-12-10(3)16-20(18)32(34)40-38-24(16)22(12)30-28-14(8)15(9)29-31-23(13)25(17)39-41-33(21)35(27(19)26)49(48)55(58)51(41)53-45(39)43(31)47-37(29)36(28)46-42(30)44(38)52(50(40)54)59(62)56(46)57(47)60(53)62/h59H,1H2. The van der Waals surface area contributed by atoms with Crippen molar-refractivity contribution in [2.24, 2.45) is 0 Å². The third-order valence-electron chi connectivity index (χ3n) is 23.9. The fourth-order valence-corrected chi connectivity index (χ4v) is 24.7. The second-order valence-corrected chi connectivity index (χ2v) is 25.7. The van der Waals surface area contributed by atoms with Gasteiger partial charge in [-0.3, -0.25) is 0 Å². The summed E-state index contributed by atoms with van der Waals surface area (Å²) in [6.07, 6.45) is 0. The molecule has 0 fully saturated rings. The molecule has 0 saturated carbocycles. The predicted octanol–water partition coefficient (Wildman–Crippen LogP) is 18.6. The highest BCUT2D eigenvalue weighted by Gasteiger charge is 2.69. The summed E-state index contributed by atoms with van der Waals surface area (Å²) in [4.78, 5) is 0. The topological polar surface area (TPSA) is 0 Å². The van der Waals surface area contributed by atoms with E-state index in [-0.39, 0.29) is 11.8 Å². The van der Waals surface area contributed by atoms with E-state index >= 15 is 0 Å². The van der Waals surface area contributed by atoms with Crippen LogP contribution in [0, 0.1) is 0 Å². The molecule has 272 valence electrons. The van der Waals surface area contributed by atoms with Gasteiger partial charge >= 0.3 is 0 Å². The number of benzene rings is 17. The molecule has 0 N–H and O–H groups in total. The average Bonchev–Trinajstić information content (AvgIpc) is 4.15. The van der Waals surface area contributed by atoms with E-state index < -0.39 is 9.75 Å². The van der Waals surface area contributed by atoms with E-state index in [1.165, 1.54) is 32.7 Å². The minimum Gasteiger partial charge on any atom is -0.123 e. The van der Waals surface area contributed by atoms with Crippen LogP contribution in [0.15, 0.2) is 0 Å². The Kier molecular flexibility index (Phi) is 2.05. The molecule has 0 amide bonds. The summed E-state index contributed by atoms with van der Waals surface area (Å²) in [5.41, 5.74) is 5.31. The van der Waals surface area contributed by atoms with Crippen LogP contribution in [0.4, 0.5) is 0 Å². The van der Waals surface area contributed by atoms with Crippen LogP contribution in [0.5, 0.6) is 0 Å². The first kappa shape index (κ1) is 24.6.